The molecule has 2 aromatic rings. The average Bonchev–Trinajstić information content (AvgIpc) is 2.79. The van der Waals surface area contributed by atoms with Crippen LogP contribution in [0.15, 0.2) is 28.8 Å². The van der Waals surface area contributed by atoms with Gasteiger partial charge in [0.2, 0.25) is 0 Å². The Hall–Kier alpha value is -2.14. The number of benzene rings is 1. The Morgan fingerprint density at radius 2 is 2.05 bits per heavy atom. The largest absolute Gasteiger partial charge is 0.359 e. The number of amides is 1. The third-order valence-electron chi connectivity index (χ3n) is 2.96. The van der Waals surface area contributed by atoms with E-state index < -0.39 is 0 Å². The summed E-state index contributed by atoms with van der Waals surface area (Å²) in [5.41, 5.74) is 8.51. The molecular weight excluding hydrogens is 242 g/mol. The van der Waals surface area contributed by atoms with Crippen LogP contribution in [0.5, 0.6) is 0 Å². The van der Waals surface area contributed by atoms with Gasteiger partial charge in [0.25, 0.3) is 5.91 Å². The Morgan fingerprint density at radius 3 is 2.63 bits per heavy atom. The summed E-state index contributed by atoms with van der Waals surface area (Å²) < 4.78 is 5.08. The van der Waals surface area contributed by atoms with E-state index in [-0.39, 0.29) is 5.91 Å². The molecule has 2 rings (SSSR count). The van der Waals surface area contributed by atoms with Gasteiger partial charge < -0.3 is 15.6 Å². The molecule has 0 bridgehead atoms. The molecule has 1 aromatic heterocycles. The summed E-state index contributed by atoms with van der Waals surface area (Å²) in [4.78, 5) is 12.1. The first-order valence-electron chi connectivity index (χ1n) is 6.21. The third-order valence-corrected chi connectivity index (χ3v) is 2.96. The Labute approximate surface area is 111 Å². The van der Waals surface area contributed by atoms with E-state index in [0.29, 0.717) is 30.0 Å². The zero-order chi connectivity index (χ0) is 13.8. The maximum atomic E-state index is 12.1. The predicted molar refractivity (Wildman–Crippen MR) is 72.9 cm³/mol. The molecule has 1 heterocycles. The van der Waals surface area contributed by atoms with E-state index >= 15 is 0 Å². The number of nitrogens with zero attached hydrogens (tertiary/aromatic N) is 1. The second kappa shape index (κ2) is 5.67. The molecule has 0 saturated carbocycles. The topological polar surface area (TPSA) is 81.2 Å². The molecule has 1 aromatic carbocycles. The van der Waals surface area contributed by atoms with E-state index in [9.17, 15) is 4.79 Å². The van der Waals surface area contributed by atoms with Crippen molar-refractivity contribution in [2.24, 2.45) is 5.73 Å². The second-order valence-electron chi connectivity index (χ2n) is 4.27. The standard InChI is InChI=1S/C14H17N3O2/c1-3-12-13(9(2)19-17-12)16-14(18)11-6-4-10(8-15)5-7-11/h4-7H,3,8,15H2,1-2H3,(H,16,18). The molecule has 0 aliphatic heterocycles. The first kappa shape index (κ1) is 13.3. The Bertz CT molecular complexity index is 573. The smallest absolute Gasteiger partial charge is 0.255 e. The van der Waals surface area contributed by atoms with E-state index in [0.717, 1.165) is 11.3 Å². The summed E-state index contributed by atoms with van der Waals surface area (Å²) in [7, 11) is 0. The minimum atomic E-state index is -0.176. The van der Waals surface area contributed by atoms with Crippen LogP contribution in [0.1, 0.15) is 34.3 Å². The highest BCUT2D eigenvalue weighted by Crippen LogP contribution is 2.21. The molecule has 3 N–H and O–H groups in total. The van der Waals surface area contributed by atoms with E-state index in [2.05, 4.69) is 10.5 Å². The number of aromatic nitrogens is 1. The molecule has 100 valence electrons. The number of nitrogens with two attached hydrogens (primary N) is 1. The van der Waals surface area contributed by atoms with E-state index in [1.807, 2.05) is 19.1 Å². The van der Waals surface area contributed by atoms with Gasteiger partial charge in [-0.2, -0.15) is 0 Å². The number of carbonyl (C=O) groups is 1. The van der Waals surface area contributed by atoms with Crippen LogP contribution in [0.3, 0.4) is 0 Å². The Kier molecular flexibility index (Phi) is 3.97. The van der Waals surface area contributed by atoms with Crippen LogP contribution in [0, 0.1) is 6.92 Å². The first-order chi connectivity index (χ1) is 9.15. The van der Waals surface area contributed by atoms with Crippen LogP contribution >= 0.6 is 0 Å². The zero-order valence-electron chi connectivity index (χ0n) is 11.1. The fraction of sp³-hybridized carbons (Fsp3) is 0.286. The van der Waals surface area contributed by atoms with Crippen LogP contribution in [0.2, 0.25) is 0 Å². The highest BCUT2D eigenvalue weighted by atomic mass is 16.5. The molecule has 0 atom stereocenters. The minimum absolute atomic E-state index is 0.176. The normalized spacial score (nSPS) is 10.5. The summed E-state index contributed by atoms with van der Waals surface area (Å²) in [5, 5.41) is 6.74. The lowest BCUT2D eigenvalue weighted by atomic mass is 10.1. The number of nitrogens with one attached hydrogen (secondary N) is 1. The maximum absolute atomic E-state index is 12.1. The number of rotatable bonds is 4. The molecule has 0 aliphatic rings. The number of anilines is 1. The summed E-state index contributed by atoms with van der Waals surface area (Å²) in [6.07, 6.45) is 0.707. The van der Waals surface area contributed by atoms with Gasteiger partial charge in [0, 0.05) is 12.1 Å². The third kappa shape index (κ3) is 2.82. The summed E-state index contributed by atoms with van der Waals surface area (Å²) >= 11 is 0. The van der Waals surface area contributed by atoms with Crippen molar-refractivity contribution in [2.75, 3.05) is 5.32 Å². The molecule has 19 heavy (non-hydrogen) atoms. The minimum Gasteiger partial charge on any atom is -0.359 e. The first-order valence-corrected chi connectivity index (χ1v) is 6.21. The molecule has 5 nitrogen and oxygen atoms in total. The van der Waals surface area contributed by atoms with E-state index in [1.54, 1.807) is 19.1 Å². The fourth-order valence-corrected chi connectivity index (χ4v) is 1.80. The summed E-state index contributed by atoms with van der Waals surface area (Å²) in [5.74, 6) is 0.438. The molecular formula is C14H17N3O2. The summed E-state index contributed by atoms with van der Waals surface area (Å²) in [6, 6.07) is 7.20. The number of aryl methyl sites for hydroxylation is 2. The van der Waals surface area contributed by atoms with Gasteiger partial charge in [-0.3, -0.25) is 4.79 Å². The van der Waals surface area contributed by atoms with Crippen molar-refractivity contribution in [1.82, 2.24) is 5.16 Å². The second-order valence-corrected chi connectivity index (χ2v) is 4.27. The molecule has 0 saturated heterocycles. The van der Waals surface area contributed by atoms with Crippen molar-refractivity contribution in [3.63, 3.8) is 0 Å². The van der Waals surface area contributed by atoms with E-state index in [1.165, 1.54) is 0 Å². The number of hydrogen-bond acceptors (Lipinski definition) is 4. The van der Waals surface area contributed by atoms with Crippen molar-refractivity contribution < 1.29 is 9.32 Å². The van der Waals surface area contributed by atoms with E-state index in [4.69, 9.17) is 10.3 Å². The van der Waals surface area contributed by atoms with Crippen LogP contribution in [-0.2, 0) is 13.0 Å². The average molecular weight is 259 g/mol. The predicted octanol–water partition coefficient (Wildman–Crippen LogP) is 2.26. The van der Waals surface area contributed by atoms with Crippen LogP contribution < -0.4 is 11.1 Å². The molecule has 0 unspecified atom stereocenters. The van der Waals surface area contributed by atoms with Crippen molar-refractivity contribution >= 4 is 11.6 Å². The molecule has 0 fully saturated rings. The van der Waals surface area contributed by atoms with Crippen molar-refractivity contribution in [2.45, 2.75) is 26.8 Å². The lowest BCUT2D eigenvalue weighted by molar-refractivity contribution is 0.102. The number of hydrogen-bond donors (Lipinski definition) is 2. The van der Waals surface area contributed by atoms with Crippen molar-refractivity contribution in [3.05, 3.63) is 46.8 Å². The fourth-order valence-electron chi connectivity index (χ4n) is 1.80. The number of carbonyl (C=O) groups excluding carboxylic acids is 1. The van der Waals surface area contributed by atoms with Gasteiger partial charge in [-0.15, -0.1) is 0 Å². The van der Waals surface area contributed by atoms with Crippen molar-refractivity contribution in [1.29, 1.82) is 0 Å². The summed E-state index contributed by atoms with van der Waals surface area (Å²) in [6.45, 7) is 4.20. The molecule has 0 aliphatic carbocycles. The quantitative estimate of drug-likeness (QED) is 0.882. The maximum Gasteiger partial charge on any atom is 0.255 e. The Morgan fingerprint density at radius 1 is 1.37 bits per heavy atom. The lowest BCUT2D eigenvalue weighted by Gasteiger charge is -2.05. The van der Waals surface area contributed by atoms with Crippen LogP contribution in [0.4, 0.5) is 5.69 Å². The van der Waals surface area contributed by atoms with Gasteiger partial charge in [-0.05, 0) is 31.0 Å². The molecule has 0 radical (unpaired) electrons. The van der Waals surface area contributed by atoms with Gasteiger partial charge in [-0.25, -0.2) is 0 Å². The SMILES string of the molecule is CCc1noc(C)c1NC(=O)c1ccc(CN)cc1. The van der Waals surface area contributed by atoms with Gasteiger partial charge in [0.05, 0.1) is 0 Å². The molecule has 5 heteroatoms. The van der Waals surface area contributed by atoms with Gasteiger partial charge >= 0.3 is 0 Å². The van der Waals surface area contributed by atoms with Crippen LogP contribution in [-0.4, -0.2) is 11.1 Å². The Balaban J connectivity index is 2.18. The molecule has 0 spiro atoms. The van der Waals surface area contributed by atoms with Gasteiger partial charge in [0.15, 0.2) is 5.76 Å². The van der Waals surface area contributed by atoms with Crippen molar-refractivity contribution in [3.8, 4) is 0 Å². The van der Waals surface area contributed by atoms with Gasteiger partial charge in [-0.1, -0.05) is 24.2 Å². The van der Waals surface area contributed by atoms with Crippen LogP contribution in [0.25, 0.3) is 0 Å². The van der Waals surface area contributed by atoms with Gasteiger partial charge in [0.1, 0.15) is 11.4 Å². The highest BCUT2D eigenvalue weighted by molar-refractivity contribution is 6.04. The monoisotopic (exact) mass is 259 g/mol. The zero-order valence-corrected chi connectivity index (χ0v) is 11.1. The lowest BCUT2D eigenvalue weighted by Crippen LogP contribution is -2.13. The highest BCUT2D eigenvalue weighted by Gasteiger charge is 2.15. The molecule has 1 amide bonds.